The minimum Gasteiger partial charge on any atom is -0.360 e. The Morgan fingerprint density at radius 2 is 1.68 bits per heavy atom. The number of amides is 1. The molecule has 1 saturated heterocycles. The number of fused-ring (bicyclic) bond motifs is 1. The van der Waals surface area contributed by atoms with E-state index >= 15 is 0 Å². The number of nitrogens with zero attached hydrogens (tertiary/aromatic N) is 1. The zero-order chi connectivity index (χ0) is 21.8. The molecule has 1 fully saturated rings. The number of rotatable bonds is 6. The van der Waals surface area contributed by atoms with Gasteiger partial charge in [0, 0.05) is 11.3 Å². The summed E-state index contributed by atoms with van der Waals surface area (Å²) < 4.78 is 0. The lowest BCUT2D eigenvalue weighted by atomic mass is 9.89. The first-order chi connectivity index (χ1) is 15.0. The maximum atomic E-state index is 12.7. The molecule has 0 unspecified atom stereocenters. The van der Waals surface area contributed by atoms with E-state index in [9.17, 15) is 9.59 Å². The van der Waals surface area contributed by atoms with Crippen LogP contribution in [0.5, 0.6) is 0 Å². The van der Waals surface area contributed by atoms with Crippen LogP contribution in [0.1, 0.15) is 59.8 Å². The Morgan fingerprint density at radius 3 is 2.35 bits per heavy atom. The first-order valence-electron chi connectivity index (χ1n) is 11.6. The van der Waals surface area contributed by atoms with Crippen LogP contribution in [-0.2, 0) is 17.6 Å². The quantitative estimate of drug-likeness (QED) is 0.706. The maximum absolute atomic E-state index is 12.7. The van der Waals surface area contributed by atoms with Crippen molar-refractivity contribution in [2.45, 2.75) is 45.6 Å². The molecule has 0 spiro atoms. The molecule has 1 aliphatic heterocycles. The van der Waals surface area contributed by atoms with Gasteiger partial charge in [-0.15, -0.1) is 0 Å². The summed E-state index contributed by atoms with van der Waals surface area (Å²) in [5.41, 5.74) is 6.05. The summed E-state index contributed by atoms with van der Waals surface area (Å²) >= 11 is 0. The summed E-state index contributed by atoms with van der Waals surface area (Å²) in [6.45, 7) is 7.91. The summed E-state index contributed by atoms with van der Waals surface area (Å²) in [4.78, 5) is 27.8. The van der Waals surface area contributed by atoms with Gasteiger partial charge >= 0.3 is 0 Å². The van der Waals surface area contributed by atoms with Gasteiger partial charge in [-0.1, -0.05) is 18.2 Å². The van der Waals surface area contributed by atoms with Gasteiger partial charge in [-0.3, -0.25) is 9.59 Å². The lowest BCUT2D eigenvalue weighted by molar-refractivity contribution is -0.892. The van der Waals surface area contributed by atoms with Crippen LogP contribution in [0.2, 0.25) is 0 Å². The van der Waals surface area contributed by atoms with E-state index in [1.165, 1.54) is 40.9 Å². The van der Waals surface area contributed by atoms with Crippen molar-refractivity contribution < 1.29 is 14.5 Å². The normalized spacial score (nSPS) is 17.7. The molecule has 0 aromatic heterocycles. The van der Waals surface area contributed by atoms with E-state index in [0.717, 1.165) is 43.9 Å². The molecule has 1 aliphatic carbocycles. The molecule has 31 heavy (non-hydrogen) atoms. The average molecular weight is 421 g/mol. The molecule has 164 valence electrons. The molecule has 1 heterocycles. The number of benzene rings is 2. The Kier molecular flexibility index (Phi) is 6.71. The third kappa shape index (κ3) is 5.34. The van der Waals surface area contributed by atoms with Crippen molar-refractivity contribution in [2.75, 3.05) is 37.6 Å². The highest BCUT2D eigenvalue weighted by molar-refractivity contribution is 5.94. The second-order valence-corrected chi connectivity index (χ2v) is 9.04. The van der Waals surface area contributed by atoms with Crippen molar-refractivity contribution in [3.05, 3.63) is 64.7 Å². The van der Waals surface area contributed by atoms with Gasteiger partial charge in [0.05, 0.1) is 32.2 Å². The zero-order valence-corrected chi connectivity index (χ0v) is 18.7. The number of quaternary nitrogens is 1. The van der Waals surface area contributed by atoms with Crippen LogP contribution in [0.25, 0.3) is 0 Å². The maximum Gasteiger partial charge on any atom is 0.275 e. The minimum absolute atomic E-state index is 0.0419. The van der Waals surface area contributed by atoms with Gasteiger partial charge in [0.2, 0.25) is 0 Å². The number of ketones is 1. The van der Waals surface area contributed by atoms with Crippen LogP contribution >= 0.6 is 0 Å². The second kappa shape index (κ2) is 9.65. The minimum atomic E-state index is 0.0419. The largest absolute Gasteiger partial charge is 0.360 e. The van der Waals surface area contributed by atoms with Crippen molar-refractivity contribution in [1.29, 1.82) is 0 Å². The molecular weight excluding hydrogens is 386 g/mol. The van der Waals surface area contributed by atoms with E-state index in [1.54, 1.807) is 6.92 Å². The molecule has 0 saturated carbocycles. The van der Waals surface area contributed by atoms with E-state index in [0.29, 0.717) is 6.54 Å². The van der Waals surface area contributed by atoms with Crippen LogP contribution in [-0.4, -0.2) is 44.4 Å². The molecular formula is C26H34N3O2+. The van der Waals surface area contributed by atoms with E-state index in [-0.39, 0.29) is 17.7 Å². The second-order valence-electron chi connectivity index (χ2n) is 9.04. The van der Waals surface area contributed by atoms with Crippen LogP contribution in [0.4, 0.5) is 5.69 Å². The Hall–Kier alpha value is -2.66. The number of hydrogen-bond acceptors (Lipinski definition) is 3. The fourth-order valence-electron chi connectivity index (χ4n) is 4.79. The third-order valence-electron chi connectivity index (χ3n) is 6.77. The lowest BCUT2D eigenvalue weighted by Crippen LogP contribution is -3.15. The highest BCUT2D eigenvalue weighted by Gasteiger charge is 2.23. The van der Waals surface area contributed by atoms with E-state index in [4.69, 9.17) is 0 Å². The standard InChI is InChI=1S/C26H33N3O2/c1-19(23-8-7-22-5-3-4-6-24(22)17-23)27-26(31)18-28-13-15-29(16-14-28)25-11-9-21(10-12-25)20(2)30/h7-12,17,19H,3-6,13-16,18H2,1-2H3,(H,27,31)/p+1/t19-/m0/s1. The molecule has 0 radical (unpaired) electrons. The number of carbonyl (C=O) groups excluding carboxylic acids is 2. The van der Waals surface area contributed by atoms with Crippen LogP contribution in [0.3, 0.4) is 0 Å². The number of carbonyl (C=O) groups is 2. The van der Waals surface area contributed by atoms with Gasteiger partial charge in [0.25, 0.3) is 5.91 Å². The smallest absolute Gasteiger partial charge is 0.275 e. The lowest BCUT2D eigenvalue weighted by Gasteiger charge is -2.33. The van der Waals surface area contributed by atoms with Gasteiger partial charge in [0.15, 0.2) is 12.3 Å². The van der Waals surface area contributed by atoms with Crippen molar-refractivity contribution in [3.63, 3.8) is 0 Å². The van der Waals surface area contributed by atoms with Gasteiger partial charge in [-0.25, -0.2) is 0 Å². The SMILES string of the molecule is CC(=O)c1ccc(N2CC[NH+](CC(=O)N[C@@H](C)c3ccc4c(c3)CCCC4)CC2)cc1. The molecule has 2 aliphatic rings. The fourth-order valence-corrected chi connectivity index (χ4v) is 4.79. The number of aryl methyl sites for hydroxylation is 2. The molecule has 1 amide bonds. The van der Waals surface area contributed by atoms with E-state index < -0.39 is 0 Å². The Morgan fingerprint density at radius 1 is 1.00 bits per heavy atom. The first-order valence-corrected chi connectivity index (χ1v) is 11.6. The van der Waals surface area contributed by atoms with Crippen molar-refractivity contribution in [1.82, 2.24) is 5.32 Å². The first kappa shape index (κ1) is 21.6. The number of Topliss-reactive ketones (excluding diaryl/α,β-unsaturated/α-hetero) is 1. The highest BCUT2D eigenvalue weighted by atomic mass is 16.2. The Labute approximate surface area is 185 Å². The van der Waals surface area contributed by atoms with E-state index in [2.05, 4.69) is 35.3 Å². The number of hydrogen-bond donors (Lipinski definition) is 2. The predicted molar refractivity (Wildman–Crippen MR) is 124 cm³/mol. The summed E-state index contributed by atoms with van der Waals surface area (Å²) in [7, 11) is 0. The molecule has 2 N–H and O–H groups in total. The monoisotopic (exact) mass is 420 g/mol. The highest BCUT2D eigenvalue weighted by Crippen LogP contribution is 2.24. The predicted octanol–water partition coefficient (Wildman–Crippen LogP) is 2.35. The van der Waals surface area contributed by atoms with Gasteiger partial charge in [-0.05, 0) is 80.5 Å². The van der Waals surface area contributed by atoms with Crippen molar-refractivity contribution >= 4 is 17.4 Å². The van der Waals surface area contributed by atoms with Gasteiger partial charge < -0.3 is 15.1 Å². The molecule has 2 aromatic rings. The van der Waals surface area contributed by atoms with Crippen LogP contribution in [0.15, 0.2) is 42.5 Å². The van der Waals surface area contributed by atoms with E-state index in [1.807, 2.05) is 24.3 Å². The third-order valence-corrected chi connectivity index (χ3v) is 6.77. The van der Waals surface area contributed by atoms with Crippen LogP contribution < -0.4 is 15.1 Å². The molecule has 4 rings (SSSR count). The number of nitrogens with one attached hydrogen (secondary N) is 2. The van der Waals surface area contributed by atoms with Crippen molar-refractivity contribution in [3.8, 4) is 0 Å². The molecule has 1 atom stereocenters. The Balaban J connectivity index is 1.25. The Bertz CT molecular complexity index is 930. The van der Waals surface area contributed by atoms with Crippen molar-refractivity contribution in [2.24, 2.45) is 0 Å². The van der Waals surface area contributed by atoms with Gasteiger partial charge in [-0.2, -0.15) is 0 Å². The summed E-state index contributed by atoms with van der Waals surface area (Å²) in [5.74, 6) is 0.218. The summed E-state index contributed by atoms with van der Waals surface area (Å²) in [5, 5.41) is 3.20. The fraction of sp³-hybridized carbons (Fsp3) is 0.462. The van der Waals surface area contributed by atoms with Gasteiger partial charge in [0.1, 0.15) is 0 Å². The van der Waals surface area contributed by atoms with Crippen LogP contribution in [0, 0.1) is 0 Å². The summed E-state index contributed by atoms with van der Waals surface area (Å²) in [6.07, 6.45) is 4.91. The zero-order valence-electron chi connectivity index (χ0n) is 18.7. The topological polar surface area (TPSA) is 53.9 Å². The summed E-state index contributed by atoms with van der Waals surface area (Å²) in [6, 6.07) is 14.6. The molecule has 5 nitrogen and oxygen atoms in total. The molecule has 2 aromatic carbocycles. The molecule has 0 bridgehead atoms. The number of anilines is 1. The average Bonchev–Trinajstić information content (AvgIpc) is 2.79. The number of piperazine rings is 1. The molecule has 5 heteroatoms.